The van der Waals surface area contributed by atoms with E-state index in [0.717, 1.165) is 29.9 Å². The van der Waals surface area contributed by atoms with Crippen LogP contribution in [0.3, 0.4) is 0 Å². The molecule has 0 saturated carbocycles. The lowest BCUT2D eigenvalue weighted by Gasteiger charge is -2.10. The number of hydrogen-bond donors (Lipinski definition) is 0. The van der Waals surface area contributed by atoms with E-state index in [2.05, 4.69) is 30.7 Å². The van der Waals surface area contributed by atoms with Gasteiger partial charge in [0, 0.05) is 17.2 Å². The molecule has 0 aliphatic carbocycles. The second-order valence-electron chi connectivity index (χ2n) is 4.20. The minimum Gasteiger partial charge on any atom is -0.237 e. The summed E-state index contributed by atoms with van der Waals surface area (Å²) in [4.78, 5) is 8.87. The zero-order valence-corrected chi connectivity index (χ0v) is 10.7. The number of aromatic nitrogens is 2. The molecule has 1 heterocycles. The van der Waals surface area contributed by atoms with E-state index in [1.807, 2.05) is 6.92 Å². The number of rotatable bonds is 4. The van der Waals surface area contributed by atoms with Gasteiger partial charge in [-0.15, -0.1) is 0 Å². The van der Waals surface area contributed by atoms with Crippen LogP contribution in [-0.4, -0.2) is 9.97 Å². The Morgan fingerprint density at radius 3 is 2.47 bits per heavy atom. The maximum atomic E-state index is 6.09. The van der Waals surface area contributed by atoms with E-state index < -0.39 is 0 Å². The number of halogens is 1. The average molecular weight is 227 g/mol. The summed E-state index contributed by atoms with van der Waals surface area (Å²) in [5.41, 5.74) is 2.15. The predicted octanol–water partition coefficient (Wildman–Crippen LogP) is 3.90. The Bertz CT molecular complexity index is 335. The van der Waals surface area contributed by atoms with E-state index in [1.54, 1.807) is 0 Å². The number of nitrogens with zero attached hydrogens (tertiary/aromatic N) is 2. The van der Waals surface area contributed by atoms with Crippen molar-refractivity contribution in [3.63, 3.8) is 0 Å². The summed E-state index contributed by atoms with van der Waals surface area (Å²) in [5, 5.41) is 0.611. The van der Waals surface area contributed by atoms with Gasteiger partial charge in [0.25, 0.3) is 0 Å². The molecule has 1 rings (SSSR count). The van der Waals surface area contributed by atoms with Crippen LogP contribution in [0.1, 0.15) is 56.6 Å². The van der Waals surface area contributed by atoms with Crippen LogP contribution in [0, 0.1) is 6.92 Å². The van der Waals surface area contributed by atoms with Crippen LogP contribution in [0.2, 0.25) is 5.15 Å². The van der Waals surface area contributed by atoms with Crippen LogP contribution < -0.4 is 0 Å². The molecule has 0 N–H and O–H groups in total. The van der Waals surface area contributed by atoms with E-state index in [9.17, 15) is 0 Å². The smallest absolute Gasteiger partial charge is 0.135 e. The first kappa shape index (κ1) is 12.4. The molecule has 0 saturated heterocycles. The van der Waals surface area contributed by atoms with Crippen LogP contribution in [0.5, 0.6) is 0 Å². The molecule has 0 radical (unpaired) electrons. The van der Waals surface area contributed by atoms with Crippen LogP contribution >= 0.6 is 11.6 Å². The van der Waals surface area contributed by atoms with Crippen molar-refractivity contribution < 1.29 is 0 Å². The van der Waals surface area contributed by atoms with Crippen LogP contribution in [-0.2, 0) is 6.42 Å². The van der Waals surface area contributed by atoms with Gasteiger partial charge in [-0.1, -0.05) is 38.8 Å². The topological polar surface area (TPSA) is 25.8 Å². The molecule has 2 nitrogen and oxygen atoms in total. The normalized spacial score (nSPS) is 11.1. The van der Waals surface area contributed by atoms with Crippen LogP contribution in [0.15, 0.2) is 0 Å². The van der Waals surface area contributed by atoms with Gasteiger partial charge in [0.2, 0.25) is 0 Å². The lowest BCUT2D eigenvalue weighted by molar-refractivity contribution is 0.721. The second-order valence-corrected chi connectivity index (χ2v) is 4.56. The maximum Gasteiger partial charge on any atom is 0.135 e. The summed E-state index contributed by atoms with van der Waals surface area (Å²) >= 11 is 6.09. The minimum absolute atomic E-state index is 0.337. The summed E-state index contributed by atoms with van der Waals surface area (Å²) in [6, 6.07) is 0. The summed E-state index contributed by atoms with van der Waals surface area (Å²) in [7, 11) is 0. The van der Waals surface area contributed by atoms with Crippen molar-refractivity contribution >= 4 is 11.6 Å². The molecule has 0 fully saturated rings. The lowest BCUT2D eigenvalue weighted by atomic mass is 10.1. The number of hydrogen-bond acceptors (Lipinski definition) is 2. The molecule has 0 spiro atoms. The molecule has 84 valence electrons. The van der Waals surface area contributed by atoms with Crippen molar-refractivity contribution in [2.24, 2.45) is 0 Å². The van der Waals surface area contributed by atoms with Gasteiger partial charge in [0.05, 0.1) is 0 Å². The minimum atomic E-state index is 0.337. The largest absolute Gasteiger partial charge is 0.237 e. The van der Waals surface area contributed by atoms with Crippen molar-refractivity contribution in [1.29, 1.82) is 0 Å². The monoisotopic (exact) mass is 226 g/mol. The third-order valence-electron chi connectivity index (χ3n) is 2.49. The highest BCUT2D eigenvalue weighted by Gasteiger charge is 2.10. The van der Waals surface area contributed by atoms with Gasteiger partial charge < -0.3 is 0 Å². The Morgan fingerprint density at radius 1 is 1.27 bits per heavy atom. The fourth-order valence-electron chi connectivity index (χ4n) is 1.40. The quantitative estimate of drug-likeness (QED) is 0.728. The van der Waals surface area contributed by atoms with Crippen molar-refractivity contribution in [2.45, 2.75) is 52.9 Å². The molecule has 0 aromatic carbocycles. The van der Waals surface area contributed by atoms with Gasteiger partial charge in [0.1, 0.15) is 11.0 Å². The molecular weight excluding hydrogens is 208 g/mol. The Morgan fingerprint density at radius 2 is 1.93 bits per heavy atom. The molecular formula is C12H19ClN2. The molecule has 0 unspecified atom stereocenters. The van der Waals surface area contributed by atoms with Crippen molar-refractivity contribution in [1.82, 2.24) is 9.97 Å². The van der Waals surface area contributed by atoms with Crippen LogP contribution in [0.25, 0.3) is 0 Å². The number of aryl methyl sites for hydroxylation is 1. The van der Waals surface area contributed by atoms with E-state index in [0.29, 0.717) is 11.1 Å². The molecule has 1 aromatic rings. The fraction of sp³-hybridized carbons (Fsp3) is 0.667. The Labute approximate surface area is 97.1 Å². The highest BCUT2D eigenvalue weighted by atomic mass is 35.5. The summed E-state index contributed by atoms with van der Waals surface area (Å²) in [6.07, 6.45) is 3.34. The van der Waals surface area contributed by atoms with Crippen molar-refractivity contribution in [2.75, 3.05) is 0 Å². The van der Waals surface area contributed by atoms with Gasteiger partial charge in [-0.05, 0) is 19.8 Å². The zero-order chi connectivity index (χ0) is 11.4. The molecule has 0 bridgehead atoms. The molecule has 3 heteroatoms. The van der Waals surface area contributed by atoms with Crippen molar-refractivity contribution in [3.05, 3.63) is 22.2 Å². The standard InChI is InChI=1S/C12H19ClN2/c1-5-6-7-10-9(4)11(13)15-12(14-10)8(2)3/h8H,5-7H2,1-4H3. The average Bonchev–Trinajstić information content (AvgIpc) is 2.19. The van der Waals surface area contributed by atoms with E-state index in [-0.39, 0.29) is 0 Å². The highest BCUT2D eigenvalue weighted by molar-refractivity contribution is 6.30. The van der Waals surface area contributed by atoms with Gasteiger partial charge in [0.15, 0.2) is 0 Å². The first-order valence-electron chi connectivity index (χ1n) is 5.59. The summed E-state index contributed by atoms with van der Waals surface area (Å²) < 4.78 is 0. The van der Waals surface area contributed by atoms with E-state index in [4.69, 9.17) is 11.6 Å². The molecule has 0 atom stereocenters. The van der Waals surface area contributed by atoms with Crippen molar-refractivity contribution in [3.8, 4) is 0 Å². The summed E-state index contributed by atoms with van der Waals surface area (Å²) in [6.45, 7) is 8.36. The molecule has 15 heavy (non-hydrogen) atoms. The van der Waals surface area contributed by atoms with Crippen LogP contribution in [0.4, 0.5) is 0 Å². The van der Waals surface area contributed by atoms with E-state index >= 15 is 0 Å². The lowest BCUT2D eigenvalue weighted by Crippen LogP contribution is -2.05. The first-order valence-corrected chi connectivity index (χ1v) is 5.97. The molecule has 0 aliphatic heterocycles. The predicted molar refractivity (Wildman–Crippen MR) is 64.5 cm³/mol. The molecule has 0 aliphatic rings. The third kappa shape index (κ3) is 3.16. The van der Waals surface area contributed by atoms with E-state index in [1.165, 1.54) is 6.42 Å². The fourth-order valence-corrected chi connectivity index (χ4v) is 1.59. The third-order valence-corrected chi connectivity index (χ3v) is 2.86. The zero-order valence-electron chi connectivity index (χ0n) is 9.97. The van der Waals surface area contributed by atoms with Gasteiger partial charge in [-0.2, -0.15) is 0 Å². The molecule has 1 aromatic heterocycles. The highest BCUT2D eigenvalue weighted by Crippen LogP contribution is 2.20. The first-order chi connectivity index (χ1) is 7.06. The summed E-state index contributed by atoms with van der Waals surface area (Å²) in [5.74, 6) is 1.19. The SMILES string of the molecule is CCCCc1nc(C(C)C)nc(Cl)c1C. The second kappa shape index (κ2) is 5.45. The molecule has 0 amide bonds. The Balaban J connectivity index is 3.02. The van der Waals surface area contributed by atoms with Gasteiger partial charge >= 0.3 is 0 Å². The Hall–Kier alpha value is -0.630. The van der Waals surface area contributed by atoms with Gasteiger partial charge in [-0.3, -0.25) is 0 Å². The Kier molecular flexibility index (Phi) is 4.52. The number of unbranched alkanes of at least 4 members (excludes halogenated alkanes) is 1. The van der Waals surface area contributed by atoms with Gasteiger partial charge in [-0.25, -0.2) is 9.97 Å². The maximum absolute atomic E-state index is 6.09.